The lowest BCUT2D eigenvalue weighted by Crippen LogP contribution is -2.50. The summed E-state index contributed by atoms with van der Waals surface area (Å²) in [5, 5.41) is 3.64. The zero-order chi connectivity index (χ0) is 27.2. The third-order valence-electron chi connectivity index (χ3n) is 6.56. The second-order valence-corrected chi connectivity index (χ2v) is 8.85. The number of piperazine rings is 1. The van der Waals surface area contributed by atoms with Crippen LogP contribution in [-0.2, 0) is 9.53 Å². The van der Waals surface area contributed by atoms with E-state index >= 15 is 4.39 Å². The van der Waals surface area contributed by atoms with Crippen molar-refractivity contribution in [3.8, 4) is 11.5 Å². The van der Waals surface area contributed by atoms with Crippen LogP contribution in [-0.4, -0.2) is 81.4 Å². The fourth-order valence-electron chi connectivity index (χ4n) is 4.48. The molecule has 1 unspecified atom stereocenters. The second-order valence-electron chi connectivity index (χ2n) is 8.85. The summed E-state index contributed by atoms with van der Waals surface area (Å²) in [6.45, 7) is 2.80. The maximum Gasteiger partial charge on any atom is 0.228 e. The Hall–Kier alpha value is -3.77. The molecule has 0 aliphatic carbocycles. The van der Waals surface area contributed by atoms with Gasteiger partial charge in [-0.3, -0.25) is 4.79 Å². The Labute approximate surface area is 219 Å². The van der Waals surface area contributed by atoms with E-state index in [2.05, 4.69) is 15.3 Å². The van der Waals surface area contributed by atoms with Crippen LogP contribution in [0, 0.1) is 11.6 Å². The van der Waals surface area contributed by atoms with Gasteiger partial charge in [0.2, 0.25) is 11.9 Å². The maximum atomic E-state index is 15.1. The minimum atomic E-state index is -0.682. The molecule has 12 heteroatoms. The molecule has 38 heavy (non-hydrogen) atoms. The molecule has 1 aliphatic heterocycles. The standard InChI is InChI=1S/C26H32F2N6O4/c1-36-13-8-30-19(16-4-6-17(27)7-5-16)15-21(35)33-9-11-34(12-10-33)26-31-23-18(25(29)32-26)14-20(37-2)24(38-3)22(23)28/h4-7,14,19,30H,8-13,15H2,1-3H3,(H2,29,31,32). The first-order chi connectivity index (χ1) is 18.4. The minimum Gasteiger partial charge on any atom is -0.493 e. The molecule has 1 aromatic heterocycles. The third-order valence-corrected chi connectivity index (χ3v) is 6.56. The summed E-state index contributed by atoms with van der Waals surface area (Å²) < 4.78 is 44.0. The molecule has 0 bridgehead atoms. The van der Waals surface area contributed by atoms with Crippen molar-refractivity contribution in [1.29, 1.82) is 0 Å². The van der Waals surface area contributed by atoms with Crippen molar-refractivity contribution in [1.82, 2.24) is 20.2 Å². The molecular formula is C26H32F2N6O4. The summed E-state index contributed by atoms with van der Waals surface area (Å²) in [4.78, 5) is 25.6. The lowest BCUT2D eigenvalue weighted by molar-refractivity contribution is -0.132. The van der Waals surface area contributed by atoms with Crippen LogP contribution >= 0.6 is 0 Å². The van der Waals surface area contributed by atoms with E-state index in [1.54, 1.807) is 30.2 Å². The van der Waals surface area contributed by atoms with Gasteiger partial charge in [-0.15, -0.1) is 0 Å². The highest BCUT2D eigenvalue weighted by Crippen LogP contribution is 2.37. The lowest BCUT2D eigenvalue weighted by Gasteiger charge is -2.35. The van der Waals surface area contributed by atoms with E-state index in [9.17, 15) is 9.18 Å². The number of nitrogens with two attached hydrogens (primary N) is 1. The average Bonchev–Trinajstić information content (AvgIpc) is 2.93. The predicted octanol–water partition coefficient (Wildman–Crippen LogP) is 2.52. The molecule has 204 valence electrons. The quantitative estimate of drug-likeness (QED) is 0.382. The smallest absolute Gasteiger partial charge is 0.228 e. The fraction of sp³-hybridized carbons (Fsp3) is 0.423. The highest BCUT2D eigenvalue weighted by Gasteiger charge is 2.27. The Morgan fingerprint density at radius 2 is 1.79 bits per heavy atom. The SMILES string of the molecule is COCCNC(CC(=O)N1CCN(c2nc(N)c3cc(OC)c(OC)c(F)c3n2)CC1)c1ccc(F)cc1. The number of hydrogen-bond donors (Lipinski definition) is 2. The number of halogens is 2. The molecule has 2 aromatic carbocycles. The summed E-state index contributed by atoms with van der Waals surface area (Å²) >= 11 is 0. The molecule has 1 atom stereocenters. The second kappa shape index (κ2) is 12.2. The number of amides is 1. The van der Waals surface area contributed by atoms with Crippen LogP contribution in [0.15, 0.2) is 30.3 Å². The monoisotopic (exact) mass is 530 g/mol. The van der Waals surface area contributed by atoms with E-state index in [-0.39, 0.29) is 53.0 Å². The first-order valence-electron chi connectivity index (χ1n) is 12.2. The number of nitrogens with one attached hydrogen (secondary N) is 1. The molecule has 3 N–H and O–H groups in total. The van der Waals surface area contributed by atoms with Crippen LogP contribution in [0.2, 0.25) is 0 Å². The zero-order valence-corrected chi connectivity index (χ0v) is 21.7. The summed E-state index contributed by atoms with van der Waals surface area (Å²) in [5.41, 5.74) is 7.01. The number of methoxy groups -OCH3 is 3. The number of anilines is 2. The number of rotatable bonds is 10. The first kappa shape index (κ1) is 27.3. The number of nitrogen functional groups attached to an aromatic ring is 1. The van der Waals surface area contributed by atoms with Gasteiger partial charge in [0.1, 0.15) is 17.2 Å². The van der Waals surface area contributed by atoms with E-state index < -0.39 is 5.82 Å². The van der Waals surface area contributed by atoms with Crippen molar-refractivity contribution in [2.45, 2.75) is 12.5 Å². The van der Waals surface area contributed by atoms with Crippen LogP contribution in [0.5, 0.6) is 11.5 Å². The van der Waals surface area contributed by atoms with Crippen LogP contribution < -0.4 is 25.4 Å². The number of benzene rings is 2. The van der Waals surface area contributed by atoms with E-state index in [4.69, 9.17) is 19.9 Å². The summed E-state index contributed by atoms with van der Waals surface area (Å²) in [5.74, 6) is -0.519. The Bertz CT molecular complexity index is 1270. The first-order valence-corrected chi connectivity index (χ1v) is 12.2. The van der Waals surface area contributed by atoms with Gasteiger partial charge < -0.3 is 35.1 Å². The minimum absolute atomic E-state index is 0.0351. The highest BCUT2D eigenvalue weighted by atomic mass is 19.1. The molecule has 2 heterocycles. The number of ether oxygens (including phenoxy) is 3. The van der Waals surface area contributed by atoms with Gasteiger partial charge in [0.15, 0.2) is 17.3 Å². The number of hydrogen-bond acceptors (Lipinski definition) is 9. The molecule has 4 rings (SSSR count). The largest absolute Gasteiger partial charge is 0.493 e. The number of carbonyl (C=O) groups is 1. The molecule has 10 nitrogen and oxygen atoms in total. The molecule has 1 amide bonds. The van der Waals surface area contributed by atoms with E-state index in [0.717, 1.165) is 5.56 Å². The Kier molecular flexibility index (Phi) is 8.74. The summed E-state index contributed by atoms with van der Waals surface area (Å²) in [6.07, 6.45) is 0.210. The lowest BCUT2D eigenvalue weighted by atomic mass is 10.0. The summed E-state index contributed by atoms with van der Waals surface area (Å²) in [6, 6.07) is 7.38. The van der Waals surface area contributed by atoms with Gasteiger partial charge in [0.25, 0.3) is 0 Å². The Morgan fingerprint density at radius 1 is 1.08 bits per heavy atom. The molecule has 1 aliphatic rings. The number of nitrogens with zero attached hydrogens (tertiary/aromatic N) is 4. The molecule has 0 saturated carbocycles. The molecular weight excluding hydrogens is 498 g/mol. The Balaban J connectivity index is 1.45. The Morgan fingerprint density at radius 3 is 2.42 bits per heavy atom. The molecule has 1 fully saturated rings. The van der Waals surface area contributed by atoms with Crippen molar-refractivity contribution in [2.24, 2.45) is 0 Å². The number of aromatic nitrogens is 2. The topological polar surface area (TPSA) is 115 Å². The van der Waals surface area contributed by atoms with Gasteiger partial charge in [-0.2, -0.15) is 4.98 Å². The van der Waals surface area contributed by atoms with Gasteiger partial charge >= 0.3 is 0 Å². The maximum absolute atomic E-state index is 15.1. The van der Waals surface area contributed by atoms with Gasteiger partial charge in [0.05, 0.1) is 20.8 Å². The van der Waals surface area contributed by atoms with Crippen LogP contribution in [0.1, 0.15) is 18.0 Å². The molecule has 3 aromatic rings. The van der Waals surface area contributed by atoms with Crippen molar-refractivity contribution in [3.05, 3.63) is 47.5 Å². The molecule has 0 spiro atoms. The fourth-order valence-corrected chi connectivity index (χ4v) is 4.48. The third kappa shape index (κ3) is 5.86. The number of fused-ring (bicyclic) bond motifs is 1. The van der Waals surface area contributed by atoms with Crippen molar-refractivity contribution < 1.29 is 27.8 Å². The van der Waals surface area contributed by atoms with E-state index in [1.807, 2.05) is 4.90 Å². The van der Waals surface area contributed by atoms with Crippen molar-refractivity contribution in [2.75, 3.05) is 71.3 Å². The van der Waals surface area contributed by atoms with Crippen LogP contribution in [0.3, 0.4) is 0 Å². The predicted molar refractivity (Wildman–Crippen MR) is 139 cm³/mol. The van der Waals surface area contributed by atoms with Crippen molar-refractivity contribution in [3.63, 3.8) is 0 Å². The van der Waals surface area contributed by atoms with Gasteiger partial charge in [-0.1, -0.05) is 12.1 Å². The molecule has 1 saturated heterocycles. The number of carbonyl (C=O) groups excluding carboxylic acids is 1. The van der Waals surface area contributed by atoms with Gasteiger partial charge in [-0.05, 0) is 23.8 Å². The van der Waals surface area contributed by atoms with E-state index in [1.165, 1.54) is 26.4 Å². The van der Waals surface area contributed by atoms with Gasteiger partial charge in [0, 0.05) is 57.7 Å². The molecule has 0 radical (unpaired) electrons. The highest BCUT2D eigenvalue weighted by molar-refractivity contribution is 5.92. The summed E-state index contributed by atoms with van der Waals surface area (Å²) in [7, 11) is 4.36. The zero-order valence-electron chi connectivity index (χ0n) is 21.7. The normalized spacial score (nSPS) is 14.6. The van der Waals surface area contributed by atoms with Gasteiger partial charge in [-0.25, -0.2) is 13.8 Å². The van der Waals surface area contributed by atoms with E-state index in [0.29, 0.717) is 44.7 Å². The average molecular weight is 531 g/mol. The van der Waals surface area contributed by atoms with Crippen molar-refractivity contribution >= 4 is 28.6 Å². The van der Waals surface area contributed by atoms with Crippen LogP contribution in [0.25, 0.3) is 10.9 Å². The van der Waals surface area contributed by atoms with Crippen LogP contribution in [0.4, 0.5) is 20.5 Å².